The molecule has 2 N–H and O–H groups in total. The van der Waals surface area contributed by atoms with Crippen LogP contribution in [0, 0.1) is 0 Å². The zero-order valence-corrected chi connectivity index (χ0v) is 10.7. The van der Waals surface area contributed by atoms with E-state index in [2.05, 4.69) is 17.9 Å². The average Bonchev–Trinajstić information content (AvgIpc) is 2.22. The Balaban J connectivity index is 2.70. The van der Waals surface area contributed by atoms with Gasteiger partial charge in [-0.1, -0.05) is 29.3 Å². The first-order valence-corrected chi connectivity index (χ1v) is 5.95. The first-order chi connectivity index (χ1) is 7.56. The number of halogens is 2. The van der Waals surface area contributed by atoms with Gasteiger partial charge in [-0.05, 0) is 12.1 Å². The molecule has 0 heterocycles. The molecule has 6 heteroatoms. The number of thiol groups is 1. The second kappa shape index (κ2) is 6.35. The summed E-state index contributed by atoms with van der Waals surface area (Å²) < 4.78 is 0. The summed E-state index contributed by atoms with van der Waals surface area (Å²) in [7, 11) is 0. The molecule has 88 valence electrons. The number of aliphatic carboxylic acids is 1. The summed E-state index contributed by atoms with van der Waals surface area (Å²) >= 11 is 15.8. The van der Waals surface area contributed by atoms with E-state index < -0.39 is 12.0 Å². The van der Waals surface area contributed by atoms with Crippen molar-refractivity contribution in [3.8, 4) is 0 Å². The predicted octanol–water partition coefficient (Wildman–Crippen LogP) is 2.47. The Bertz CT molecular complexity index is 367. The quantitative estimate of drug-likeness (QED) is 0.726. The van der Waals surface area contributed by atoms with Gasteiger partial charge in [-0.15, -0.1) is 0 Å². The van der Waals surface area contributed by atoms with Crippen LogP contribution in [0.25, 0.3) is 0 Å². The molecule has 0 aliphatic heterocycles. The molecule has 0 aliphatic rings. The van der Waals surface area contributed by atoms with Crippen LogP contribution in [0.4, 0.5) is 0 Å². The van der Waals surface area contributed by atoms with Gasteiger partial charge < -0.3 is 5.11 Å². The molecule has 0 aliphatic carbocycles. The monoisotopic (exact) mass is 279 g/mol. The molecule has 0 amide bonds. The molecule has 1 aromatic carbocycles. The van der Waals surface area contributed by atoms with Gasteiger partial charge >= 0.3 is 5.97 Å². The van der Waals surface area contributed by atoms with E-state index in [1.807, 2.05) is 0 Å². The zero-order chi connectivity index (χ0) is 12.1. The van der Waals surface area contributed by atoms with Crippen molar-refractivity contribution in [2.75, 3.05) is 5.75 Å². The molecule has 0 aromatic heterocycles. The summed E-state index contributed by atoms with van der Waals surface area (Å²) in [6.07, 6.45) is 0. The fourth-order valence-corrected chi connectivity index (χ4v) is 1.97. The Labute approximate surface area is 109 Å². The highest BCUT2D eigenvalue weighted by Crippen LogP contribution is 2.23. The Morgan fingerprint density at radius 3 is 2.44 bits per heavy atom. The minimum Gasteiger partial charge on any atom is -0.480 e. The van der Waals surface area contributed by atoms with Crippen molar-refractivity contribution in [3.05, 3.63) is 33.8 Å². The standard InChI is InChI=1S/C10H11Cl2NO2S/c11-7-2-1-3-8(12)6(7)4-13-9(5-16)10(14)15/h1-3,9,13,16H,4-5H2,(H,14,15)/t9-/m0/s1. The van der Waals surface area contributed by atoms with Gasteiger partial charge in [0.05, 0.1) is 0 Å². The van der Waals surface area contributed by atoms with Gasteiger partial charge in [0.1, 0.15) is 6.04 Å². The van der Waals surface area contributed by atoms with E-state index in [9.17, 15) is 4.79 Å². The summed E-state index contributed by atoms with van der Waals surface area (Å²) in [5, 5.41) is 12.7. The van der Waals surface area contributed by atoms with Gasteiger partial charge in [0.15, 0.2) is 0 Å². The van der Waals surface area contributed by atoms with Crippen LogP contribution in [-0.2, 0) is 11.3 Å². The Morgan fingerprint density at radius 1 is 1.44 bits per heavy atom. The number of hydrogen-bond donors (Lipinski definition) is 3. The third-order valence-corrected chi connectivity index (χ3v) is 3.14. The highest BCUT2D eigenvalue weighted by atomic mass is 35.5. The van der Waals surface area contributed by atoms with Gasteiger partial charge in [-0.2, -0.15) is 12.6 Å². The van der Waals surface area contributed by atoms with Crippen LogP contribution in [0.1, 0.15) is 5.56 Å². The molecular weight excluding hydrogens is 269 g/mol. The summed E-state index contributed by atoms with van der Waals surface area (Å²) in [6, 6.07) is 4.44. The number of hydrogen-bond acceptors (Lipinski definition) is 3. The third kappa shape index (κ3) is 3.56. The lowest BCUT2D eigenvalue weighted by molar-refractivity contribution is -0.138. The maximum atomic E-state index is 10.7. The van der Waals surface area contributed by atoms with Gasteiger partial charge in [0, 0.05) is 27.9 Å². The van der Waals surface area contributed by atoms with Crippen LogP contribution >= 0.6 is 35.8 Å². The van der Waals surface area contributed by atoms with Crippen LogP contribution in [0.2, 0.25) is 10.0 Å². The molecule has 1 aromatic rings. The van der Waals surface area contributed by atoms with E-state index >= 15 is 0 Å². The maximum Gasteiger partial charge on any atom is 0.321 e. The lowest BCUT2D eigenvalue weighted by Crippen LogP contribution is -2.37. The molecule has 0 spiro atoms. The predicted molar refractivity (Wildman–Crippen MR) is 68.6 cm³/mol. The van der Waals surface area contributed by atoms with Crippen LogP contribution in [-0.4, -0.2) is 22.9 Å². The molecule has 0 fully saturated rings. The SMILES string of the molecule is O=C(O)[C@H](CS)NCc1c(Cl)cccc1Cl. The zero-order valence-electron chi connectivity index (χ0n) is 8.28. The summed E-state index contributed by atoms with van der Waals surface area (Å²) in [6.45, 7) is 0.302. The smallest absolute Gasteiger partial charge is 0.321 e. The fourth-order valence-electron chi connectivity index (χ4n) is 1.16. The minimum atomic E-state index is -0.946. The third-order valence-electron chi connectivity index (χ3n) is 2.07. The molecule has 0 saturated heterocycles. The molecule has 16 heavy (non-hydrogen) atoms. The second-order valence-electron chi connectivity index (χ2n) is 3.15. The van der Waals surface area contributed by atoms with Crippen molar-refractivity contribution < 1.29 is 9.90 Å². The highest BCUT2D eigenvalue weighted by molar-refractivity contribution is 7.80. The van der Waals surface area contributed by atoms with E-state index in [1.165, 1.54) is 0 Å². The first kappa shape index (κ1) is 13.6. The Kier molecular flexibility index (Phi) is 5.41. The van der Waals surface area contributed by atoms with Crippen molar-refractivity contribution in [1.82, 2.24) is 5.32 Å². The van der Waals surface area contributed by atoms with Gasteiger partial charge in [0.2, 0.25) is 0 Å². The molecular formula is C10H11Cl2NO2S. The summed E-state index contributed by atoms with van der Waals surface area (Å²) in [5.41, 5.74) is 0.693. The lowest BCUT2D eigenvalue weighted by Gasteiger charge is -2.13. The van der Waals surface area contributed by atoms with E-state index in [1.54, 1.807) is 18.2 Å². The highest BCUT2D eigenvalue weighted by Gasteiger charge is 2.15. The number of rotatable bonds is 5. The normalized spacial score (nSPS) is 12.4. The molecule has 0 radical (unpaired) electrons. The van der Waals surface area contributed by atoms with E-state index in [0.29, 0.717) is 22.2 Å². The van der Waals surface area contributed by atoms with E-state index in [4.69, 9.17) is 28.3 Å². The molecule has 1 rings (SSSR count). The van der Waals surface area contributed by atoms with Crippen molar-refractivity contribution in [1.29, 1.82) is 0 Å². The van der Waals surface area contributed by atoms with Crippen molar-refractivity contribution in [2.45, 2.75) is 12.6 Å². The second-order valence-corrected chi connectivity index (χ2v) is 4.33. The Hall–Kier alpha value is -0.420. The van der Waals surface area contributed by atoms with Crippen LogP contribution in [0.15, 0.2) is 18.2 Å². The van der Waals surface area contributed by atoms with Gasteiger partial charge in [0.25, 0.3) is 0 Å². The summed E-state index contributed by atoms with van der Waals surface area (Å²) in [5.74, 6) is -0.740. The molecule has 1 atom stereocenters. The molecule has 0 saturated carbocycles. The first-order valence-electron chi connectivity index (χ1n) is 4.56. The van der Waals surface area contributed by atoms with Crippen molar-refractivity contribution in [2.24, 2.45) is 0 Å². The number of carboxylic acid groups (broad SMARTS) is 1. The van der Waals surface area contributed by atoms with Crippen LogP contribution < -0.4 is 5.32 Å². The van der Waals surface area contributed by atoms with Gasteiger partial charge in [-0.3, -0.25) is 10.1 Å². The fraction of sp³-hybridized carbons (Fsp3) is 0.300. The van der Waals surface area contributed by atoms with Gasteiger partial charge in [-0.25, -0.2) is 0 Å². The number of benzene rings is 1. The van der Waals surface area contributed by atoms with Crippen molar-refractivity contribution in [3.63, 3.8) is 0 Å². The maximum absolute atomic E-state index is 10.7. The van der Waals surface area contributed by atoms with Crippen molar-refractivity contribution >= 4 is 41.8 Å². The minimum absolute atomic E-state index is 0.206. The summed E-state index contributed by atoms with van der Waals surface area (Å²) in [4.78, 5) is 10.7. The van der Waals surface area contributed by atoms with Crippen LogP contribution in [0.3, 0.4) is 0 Å². The van der Waals surface area contributed by atoms with Crippen LogP contribution in [0.5, 0.6) is 0 Å². The lowest BCUT2D eigenvalue weighted by atomic mass is 10.2. The Morgan fingerprint density at radius 2 is 2.00 bits per heavy atom. The molecule has 0 unspecified atom stereocenters. The average molecular weight is 280 g/mol. The number of carboxylic acids is 1. The number of carbonyl (C=O) groups is 1. The molecule has 0 bridgehead atoms. The molecule has 3 nitrogen and oxygen atoms in total. The van der Waals surface area contributed by atoms with E-state index in [-0.39, 0.29) is 5.75 Å². The largest absolute Gasteiger partial charge is 0.480 e. The topological polar surface area (TPSA) is 49.3 Å². The van der Waals surface area contributed by atoms with E-state index in [0.717, 1.165) is 0 Å². The number of nitrogens with one attached hydrogen (secondary N) is 1.